The lowest BCUT2D eigenvalue weighted by Gasteiger charge is -2.28. The maximum atomic E-state index is 8.62. The standard InChI is InChI=1S/C11H10B2N3/c12-11-4-3-10(6-15-11)16-5-1-2-9(7-16)13-8-14/h2-4,6H,1,5,7H2. The van der Waals surface area contributed by atoms with Crippen molar-refractivity contribution in [3.8, 4) is 5.97 Å². The lowest BCUT2D eigenvalue weighted by molar-refractivity contribution is 0.810. The van der Waals surface area contributed by atoms with E-state index in [1.165, 1.54) is 0 Å². The molecule has 0 fully saturated rings. The van der Waals surface area contributed by atoms with Crippen LogP contribution in [-0.4, -0.2) is 33.2 Å². The summed E-state index contributed by atoms with van der Waals surface area (Å²) in [5.41, 5.74) is 2.64. The summed E-state index contributed by atoms with van der Waals surface area (Å²) in [7, 11) is 7.14. The molecular weight excluding hydrogens is 196 g/mol. The van der Waals surface area contributed by atoms with Crippen LogP contribution in [0.15, 0.2) is 29.9 Å². The van der Waals surface area contributed by atoms with E-state index in [0.29, 0.717) is 5.59 Å². The minimum Gasteiger partial charge on any atom is -0.367 e. The number of aromatic nitrogens is 1. The minimum atomic E-state index is 0.528. The zero-order valence-corrected chi connectivity index (χ0v) is 8.93. The van der Waals surface area contributed by atoms with Crippen molar-refractivity contribution in [3.05, 3.63) is 29.9 Å². The number of rotatable bonds is 2. The van der Waals surface area contributed by atoms with Crippen LogP contribution in [0.3, 0.4) is 0 Å². The van der Waals surface area contributed by atoms with E-state index in [0.717, 1.165) is 30.7 Å². The third-order valence-corrected chi connectivity index (χ3v) is 2.56. The molecule has 5 heteroatoms. The van der Waals surface area contributed by atoms with Gasteiger partial charge in [0, 0.05) is 25.3 Å². The third-order valence-electron chi connectivity index (χ3n) is 2.56. The van der Waals surface area contributed by atoms with Crippen molar-refractivity contribution in [2.45, 2.75) is 6.42 Å². The van der Waals surface area contributed by atoms with Crippen LogP contribution in [0.2, 0.25) is 0 Å². The number of pyridine rings is 1. The van der Waals surface area contributed by atoms with Gasteiger partial charge in [0.25, 0.3) is 7.28 Å². The van der Waals surface area contributed by atoms with Gasteiger partial charge in [0.2, 0.25) is 0 Å². The predicted octanol–water partition coefficient (Wildman–Crippen LogP) is 0.155. The van der Waals surface area contributed by atoms with Gasteiger partial charge in [-0.15, -0.1) is 0 Å². The number of hydrogen-bond acceptors (Lipinski definition) is 3. The summed E-state index contributed by atoms with van der Waals surface area (Å²) >= 11 is 0. The highest BCUT2D eigenvalue weighted by Gasteiger charge is 2.13. The average molecular weight is 206 g/mol. The number of nitriles is 1. The second-order valence-electron chi connectivity index (χ2n) is 3.70. The molecule has 0 unspecified atom stereocenters. The lowest BCUT2D eigenvalue weighted by atomic mass is 9.70. The molecule has 2 rings (SSSR count). The molecule has 16 heavy (non-hydrogen) atoms. The summed E-state index contributed by atoms with van der Waals surface area (Å²) in [6, 6.07) is 3.75. The molecule has 0 atom stereocenters. The van der Waals surface area contributed by atoms with Gasteiger partial charge in [-0.05, 0) is 24.1 Å². The average Bonchev–Trinajstić information content (AvgIpc) is 2.31. The Labute approximate surface area is 97.4 Å². The summed E-state index contributed by atoms with van der Waals surface area (Å²) < 4.78 is 0. The summed E-state index contributed by atoms with van der Waals surface area (Å²) in [4.78, 5) is 6.26. The largest absolute Gasteiger partial charge is 0.367 e. The van der Waals surface area contributed by atoms with Crippen LogP contribution in [0, 0.1) is 11.2 Å². The van der Waals surface area contributed by atoms with Crippen molar-refractivity contribution in [1.29, 1.82) is 5.26 Å². The van der Waals surface area contributed by atoms with Crippen molar-refractivity contribution >= 4 is 26.4 Å². The highest BCUT2D eigenvalue weighted by atomic mass is 15.1. The highest BCUT2D eigenvalue weighted by Crippen LogP contribution is 2.17. The van der Waals surface area contributed by atoms with Crippen LogP contribution >= 0.6 is 0 Å². The van der Waals surface area contributed by atoms with E-state index in [9.17, 15) is 0 Å². The zero-order chi connectivity index (χ0) is 11.4. The molecule has 0 aromatic carbocycles. The molecule has 1 aliphatic rings. The first-order chi connectivity index (χ1) is 7.79. The second-order valence-corrected chi connectivity index (χ2v) is 3.70. The molecule has 0 amide bonds. The Morgan fingerprint density at radius 3 is 3.06 bits per heavy atom. The zero-order valence-electron chi connectivity index (χ0n) is 8.93. The van der Waals surface area contributed by atoms with Crippen LogP contribution in [0.1, 0.15) is 6.42 Å². The molecular formula is C11H10B2N3. The van der Waals surface area contributed by atoms with Crippen LogP contribution in [-0.2, 0) is 0 Å². The van der Waals surface area contributed by atoms with Gasteiger partial charge in [-0.2, -0.15) is 0 Å². The highest BCUT2D eigenvalue weighted by molar-refractivity contribution is 6.54. The van der Waals surface area contributed by atoms with Gasteiger partial charge in [-0.25, -0.2) is 5.26 Å². The van der Waals surface area contributed by atoms with Gasteiger partial charge < -0.3 is 4.90 Å². The van der Waals surface area contributed by atoms with Gasteiger partial charge in [-0.3, -0.25) is 4.98 Å². The first kappa shape index (κ1) is 10.8. The molecule has 0 N–H and O–H groups in total. The van der Waals surface area contributed by atoms with Gasteiger partial charge in [0.1, 0.15) is 7.85 Å². The summed E-state index contributed by atoms with van der Waals surface area (Å²) in [5.74, 6) is 2.06. The third kappa shape index (κ3) is 2.46. The fourth-order valence-corrected chi connectivity index (χ4v) is 1.76. The second kappa shape index (κ2) is 4.89. The molecule has 0 saturated heterocycles. The quantitative estimate of drug-likeness (QED) is 0.646. The normalized spacial score (nSPS) is 15.2. The Morgan fingerprint density at radius 1 is 1.50 bits per heavy atom. The summed E-state index contributed by atoms with van der Waals surface area (Å²) in [6.45, 7) is 1.72. The molecule has 2 heterocycles. The van der Waals surface area contributed by atoms with Crippen molar-refractivity contribution < 1.29 is 0 Å². The molecule has 3 nitrogen and oxygen atoms in total. The number of nitrogens with zero attached hydrogens (tertiary/aromatic N) is 3. The lowest BCUT2D eigenvalue weighted by Crippen LogP contribution is -2.31. The van der Waals surface area contributed by atoms with E-state index in [1.54, 1.807) is 19.5 Å². The molecule has 0 spiro atoms. The van der Waals surface area contributed by atoms with E-state index in [1.807, 2.05) is 6.07 Å². The van der Waals surface area contributed by atoms with Crippen LogP contribution in [0.4, 0.5) is 5.69 Å². The van der Waals surface area contributed by atoms with E-state index < -0.39 is 0 Å². The monoisotopic (exact) mass is 206 g/mol. The van der Waals surface area contributed by atoms with E-state index in [4.69, 9.17) is 13.1 Å². The van der Waals surface area contributed by atoms with E-state index >= 15 is 0 Å². The van der Waals surface area contributed by atoms with E-state index in [2.05, 4.69) is 21.9 Å². The maximum Gasteiger partial charge on any atom is 0.288 e. The van der Waals surface area contributed by atoms with Gasteiger partial charge in [-0.1, -0.05) is 11.5 Å². The molecule has 1 aromatic heterocycles. The molecule has 75 valence electrons. The molecule has 0 saturated carbocycles. The summed E-state index contributed by atoms with van der Waals surface area (Å²) in [6.07, 6.45) is 4.83. The summed E-state index contributed by atoms with van der Waals surface area (Å²) in [5, 5.41) is 8.62. The van der Waals surface area contributed by atoms with Crippen molar-refractivity contribution in [2.75, 3.05) is 18.0 Å². The van der Waals surface area contributed by atoms with Crippen molar-refractivity contribution in [2.24, 2.45) is 0 Å². The minimum absolute atomic E-state index is 0.528. The number of hydrogen-bond donors (Lipinski definition) is 0. The SMILES string of the molecule is [B]c1ccc(N2CCC=C([B]C#N)C2)cn1. The number of anilines is 1. The first-order valence-electron chi connectivity index (χ1n) is 5.18. The molecule has 1 aromatic rings. The Bertz CT molecular complexity index is 434. The topological polar surface area (TPSA) is 39.9 Å². The van der Waals surface area contributed by atoms with Crippen molar-refractivity contribution in [3.63, 3.8) is 0 Å². The maximum absolute atomic E-state index is 8.62. The van der Waals surface area contributed by atoms with Crippen LogP contribution in [0.5, 0.6) is 0 Å². The Morgan fingerprint density at radius 2 is 2.38 bits per heavy atom. The smallest absolute Gasteiger partial charge is 0.288 e. The molecule has 0 aliphatic carbocycles. The predicted molar refractivity (Wildman–Crippen MR) is 65.9 cm³/mol. The van der Waals surface area contributed by atoms with Crippen molar-refractivity contribution in [1.82, 2.24) is 4.98 Å². The Balaban J connectivity index is 2.10. The van der Waals surface area contributed by atoms with Crippen LogP contribution in [0.25, 0.3) is 0 Å². The molecule has 0 bridgehead atoms. The molecule has 3 radical (unpaired) electrons. The Kier molecular flexibility index (Phi) is 3.31. The van der Waals surface area contributed by atoms with Gasteiger partial charge in [0.15, 0.2) is 0 Å². The molecule has 1 aliphatic heterocycles. The van der Waals surface area contributed by atoms with Gasteiger partial charge in [0.05, 0.1) is 5.69 Å². The Hall–Kier alpha value is -1.69. The fraction of sp³-hybridized carbons (Fsp3) is 0.273. The van der Waals surface area contributed by atoms with Crippen LogP contribution < -0.4 is 10.5 Å². The first-order valence-corrected chi connectivity index (χ1v) is 5.18. The van der Waals surface area contributed by atoms with E-state index in [-0.39, 0.29) is 0 Å². The van der Waals surface area contributed by atoms with Gasteiger partial charge >= 0.3 is 0 Å². The fourth-order valence-electron chi connectivity index (χ4n) is 1.76.